The number of fused-ring (bicyclic) bond motifs is 3. The van der Waals surface area contributed by atoms with E-state index in [1.807, 2.05) is 64.1 Å². The van der Waals surface area contributed by atoms with Gasteiger partial charge in [-0.15, -0.1) is 0 Å². The van der Waals surface area contributed by atoms with Gasteiger partial charge in [-0.25, -0.2) is 4.98 Å². The maximum absolute atomic E-state index is 12.7. The molecule has 7 heteroatoms. The van der Waals surface area contributed by atoms with Gasteiger partial charge in [0.25, 0.3) is 11.5 Å². The summed E-state index contributed by atoms with van der Waals surface area (Å²) in [5.41, 5.74) is 4.43. The van der Waals surface area contributed by atoms with E-state index in [4.69, 9.17) is 4.74 Å². The van der Waals surface area contributed by atoms with Crippen LogP contribution in [0.1, 0.15) is 40.2 Å². The summed E-state index contributed by atoms with van der Waals surface area (Å²) in [5.74, 6) is 0.502. The van der Waals surface area contributed by atoms with E-state index in [2.05, 4.69) is 10.3 Å². The molecule has 0 saturated heterocycles. The van der Waals surface area contributed by atoms with Crippen LogP contribution in [-0.2, 0) is 6.54 Å². The number of benzene rings is 2. The average Bonchev–Trinajstić information content (AvgIpc) is 3.04. The predicted molar refractivity (Wildman–Crippen MR) is 120 cm³/mol. The highest BCUT2D eigenvalue weighted by Crippen LogP contribution is 2.23. The Morgan fingerprint density at radius 1 is 1.13 bits per heavy atom. The van der Waals surface area contributed by atoms with Crippen molar-refractivity contribution < 1.29 is 9.53 Å². The topological polar surface area (TPSA) is 72.7 Å². The average molecular weight is 422 g/mol. The molecule has 0 spiro atoms. The second-order valence-electron chi connectivity index (χ2n) is 7.60. The molecule has 0 unspecified atom stereocenters. The monoisotopic (exact) mass is 421 g/mol. The fourth-order valence-electron chi connectivity index (χ4n) is 3.24. The molecule has 154 valence electrons. The van der Waals surface area contributed by atoms with Crippen molar-refractivity contribution in [1.29, 1.82) is 0 Å². The van der Waals surface area contributed by atoms with Crippen LogP contribution in [0.2, 0.25) is 0 Å². The van der Waals surface area contributed by atoms with Crippen LogP contribution in [0.5, 0.6) is 5.75 Å². The van der Waals surface area contributed by atoms with Gasteiger partial charge in [0.15, 0.2) is 4.96 Å². The van der Waals surface area contributed by atoms with E-state index in [-0.39, 0.29) is 17.6 Å². The number of aryl methyl sites for hydroxylation is 2. The van der Waals surface area contributed by atoms with Crippen molar-refractivity contribution in [2.45, 2.75) is 40.3 Å². The molecule has 2 heterocycles. The minimum absolute atomic E-state index is 0.111. The first-order chi connectivity index (χ1) is 14.3. The number of nitrogens with one attached hydrogen (secondary N) is 1. The quantitative estimate of drug-likeness (QED) is 0.523. The molecule has 30 heavy (non-hydrogen) atoms. The lowest BCUT2D eigenvalue weighted by Gasteiger charge is -2.10. The Morgan fingerprint density at radius 3 is 2.53 bits per heavy atom. The van der Waals surface area contributed by atoms with Gasteiger partial charge in [0.2, 0.25) is 0 Å². The van der Waals surface area contributed by atoms with Gasteiger partial charge in [-0.05, 0) is 68.7 Å². The smallest absolute Gasteiger partial charge is 0.261 e. The number of aromatic nitrogens is 2. The number of hydrogen-bond acceptors (Lipinski definition) is 5. The molecular weight excluding hydrogens is 398 g/mol. The fraction of sp³-hybridized carbons (Fsp3) is 0.261. The number of carbonyl (C=O) groups is 1. The summed E-state index contributed by atoms with van der Waals surface area (Å²) in [6.07, 6.45) is 0.111. The maximum Gasteiger partial charge on any atom is 0.261 e. The maximum atomic E-state index is 12.7. The van der Waals surface area contributed by atoms with Crippen LogP contribution in [0.3, 0.4) is 0 Å². The Kier molecular flexibility index (Phi) is 5.30. The minimum Gasteiger partial charge on any atom is -0.491 e. The van der Waals surface area contributed by atoms with Crippen LogP contribution in [0.25, 0.3) is 16.0 Å². The molecule has 2 aromatic heterocycles. The first kappa shape index (κ1) is 20.1. The van der Waals surface area contributed by atoms with Crippen molar-refractivity contribution in [3.63, 3.8) is 0 Å². The highest BCUT2D eigenvalue weighted by atomic mass is 32.1. The fourth-order valence-corrected chi connectivity index (χ4v) is 4.18. The third-order valence-electron chi connectivity index (χ3n) is 4.89. The zero-order valence-corrected chi connectivity index (χ0v) is 18.2. The first-order valence-electron chi connectivity index (χ1n) is 9.79. The van der Waals surface area contributed by atoms with Gasteiger partial charge in [-0.1, -0.05) is 23.5 Å². The molecule has 0 radical (unpaired) electrons. The molecule has 1 N–H and O–H groups in total. The summed E-state index contributed by atoms with van der Waals surface area (Å²) < 4.78 is 7.19. The molecule has 0 bridgehead atoms. The summed E-state index contributed by atoms with van der Waals surface area (Å²) in [7, 11) is 0. The van der Waals surface area contributed by atoms with Crippen molar-refractivity contribution >= 4 is 33.2 Å². The van der Waals surface area contributed by atoms with Gasteiger partial charge in [-0.3, -0.25) is 14.0 Å². The second-order valence-corrected chi connectivity index (χ2v) is 8.61. The first-order valence-corrected chi connectivity index (χ1v) is 10.6. The predicted octanol–water partition coefficient (Wildman–Crippen LogP) is 4.24. The zero-order chi connectivity index (χ0) is 21.4. The van der Waals surface area contributed by atoms with Gasteiger partial charge in [0, 0.05) is 12.6 Å². The molecular formula is C23H23N3O3S. The number of amides is 1. The van der Waals surface area contributed by atoms with E-state index in [9.17, 15) is 9.59 Å². The molecule has 4 aromatic rings. The van der Waals surface area contributed by atoms with E-state index < -0.39 is 0 Å². The highest BCUT2D eigenvalue weighted by Gasteiger charge is 2.15. The van der Waals surface area contributed by atoms with Crippen LogP contribution in [0.15, 0.2) is 47.3 Å². The van der Waals surface area contributed by atoms with Gasteiger partial charge in [0.1, 0.15) is 10.6 Å². The van der Waals surface area contributed by atoms with E-state index >= 15 is 0 Å². The lowest BCUT2D eigenvalue weighted by Crippen LogP contribution is -2.24. The van der Waals surface area contributed by atoms with E-state index in [1.54, 1.807) is 4.40 Å². The van der Waals surface area contributed by atoms with Gasteiger partial charge >= 0.3 is 0 Å². The van der Waals surface area contributed by atoms with Gasteiger partial charge in [0.05, 0.1) is 17.1 Å². The Labute approximate surface area is 178 Å². The molecule has 1 amide bonds. The minimum atomic E-state index is -0.290. The summed E-state index contributed by atoms with van der Waals surface area (Å²) in [4.78, 5) is 30.8. The third-order valence-corrected chi connectivity index (χ3v) is 5.87. The third kappa shape index (κ3) is 3.93. The molecule has 0 aliphatic carbocycles. The summed E-state index contributed by atoms with van der Waals surface area (Å²) in [5, 5.41) is 2.87. The van der Waals surface area contributed by atoms with Crippen LogP contribution >= 0.6 is 11.3 Å². The van der Waals surface area contributed by atoms with E-state index in [0.29, 0.717) is 16.4 Å². The lowest BCUT2D eigenvalue weighted by molar-refractivity contribution is 0.0954. The molecule has 0 atom stereocenters. The standard InChI is InChI=1S/C23H23N3O3S/c1-13(2)29-17-7-5-16(6-8-17)12-24-22(28)20-11-21(27)26-19-10-15(4)14(3)9-18(19)25-23(26)30-20/h5-11,13H,12H2,1-4H3,(H,24,28). The largest absolute Gasteiger partial charge is 0.491 e. The van der Waals surface area contributed by atoms with Gasteiger partial charge < -0.3 is 10.1 Å². The second kappa shape index (κ2) is 7.91. The Morgan fingerprint density at radius 2 is 1.83 bits per heavy atom. The van der Waals surface area contributed by atoms with Crippen molar-refractivity contribution in [2.24, 2.45) is 0 Å². The van der Waals surface area contributed by atoms with Crippen molar-refractivity contribution in [3.8, 4) is 5.75 Å². The Hall–Kier alpha value is -3.19. The molecule has 0 fully saturated rings. The number of carbonyl (C=O) groups excluding carboxylic acids is 1. The summed E-state index contributed by atoms with van der Waals surface area (Å²) in [6, 6.07) is 12.9. The van der Waals surface area contributed by atoms with Crippen molar-refractivity contribution in [3.05, 3.63) is 74.4 Å². The number of nitrogens with zero attached hydrogens (tertiary/aromatic N) is 2. The Bertz CT molecular complexity index is 1300. The summed E-state index contributed by atoms with van der Waals surface area (Å²) >= 11 is 1.21. The molecule has 0 aliphatic rings. The number of ether oxygens (including phenoxy) is 1. The SMILES string of the molecule is Cc1cc2nc3sc(C(=O)NCc4ccc(OC(C)C)cc4)cc(=O)n3c2cc1C. The molecule has 0 saturated carbocycles. The van der Waals surface area contributed by atoms with Crippen molar-refractivity contribution in [2.75, 3.05) is 0 Å². The number of rotatable bonds is 5. The number of imidazole rings is 1. The zero-order valence-electron chi connectivity index (χ0n) is 17.4. The van der Waals surface area contributed by atoms with E-state index in [0.717, 1.165) is 33.5 Å². The molecule has 6 nitrogen and oxygen atoms in total. The molecule has 2 aromatic carbocycles. The van der Waals surface area contributed by atoms with Crippen LogP contribution in [-0.4, -0.2) is 21.4 Å². The Balaban J connectivity index is 1.56. The van der Waals surface area contributed by atoms with E-state index in [1.165, 1.54) is 17.4 Å². The normalized spacial score (nSPS) is 11.4. The van der Waals surface area contributed by atoms with Crippen LogP contribution < -0.4 is 15.6 Å². The van der Waals surface area contributed by atoms with Crippen LogP contribution in [0, 0.1) is 13.8 Å². The van der Waals surface area contributed by atoms with Crippen LogP contribution in [0.4, 0.5) is 0 Å². The molecule has 4 rings (SSSR count). The lowest BCUT2D eigenvalue weighted by atomic mass is 10.1. The molecule has 0 aliphatic heterocycles. The summed E-state index contributed by atoms with van der Waals surface area (Å²) in [6.45, 7) is 8.33. The van der Waals surface area contributed by atoms with Gasteiger partial charge in [-0.2, -0.15) is 0 Å². The number of hydrogen-bond donors (Lipinski definition) is 1. The highest BCUT2D eigenvalue weighted by molar-refractivity contribution is 7.18. The van der Waals surface area contributed by atoms with Crippen molar-refractivity contribution in [1.82, 2.24) is 14.7 Å².